The molecular weight excluding hydrogens is 232 g/mol. The first-order chi connectivity index (χ1) is 9.31. The van der Waals surface area contributed by atoms with Crippen LogP contribution in [0.2, 0.25) is 0 Å². The van der Waals surface area contributed by atoms with E-state index in [0.717, 1.165) is 25.7 Å². The molecule has 1 N–H and O–H groups in total. The fourth-order valence-electron chi connectivity index (χ4n) is 2.61. The van der Waals surface area contributed by atoms with Crippen molar-refractivity contribution >= 4 is 10.8 Å². The van der Waals surface area contributed by atoms with Gasteiger partial charge < -0.3 is 5.11 Å². The summed E-state index contributed by atoms with van der Waals surface area (Å²) in [6.45, 7) is 2.20. The van der Waals surface area contributed by atoms with Gasteiger partial charge in [-0.05, 0) is 35.6 Å². The number of rotatable bonds is 7. The molecular formula is C18H24O. The molecule has 0 aliphatic rings. The highest BCUT2D eigenvalue weighted by atomic mass is 16.3. The number of unbranched alkanes of at least 4 members (excludes halogenated alkanes) is 2. The zero-order valence-electron chi connectivity index (χ0n) is 11.8. The van der Waals surface area contributed by atoms with E-state index in [4.69, 9.17) is 0 Å². The van der Waals surface area contributed by atoms with Crippen molar-refractivity contribution < 1.29 is 5.11 Å². The van der Waals surface area contributed by atoms with Gasteiger partial charge in [0.25, 0.3) is 0 Å². The highest BCUT2D eigenvalue weighted by Gasteiger charge is 2.06. The van der Waals surface area contributed by atoms with Crippen LogP contribution in [-0.2, 0) is 6.42 Å². The van der Waals surface area contributed by atoms with Gasteiger partial charge in [-0.25, -0.2) is 0 Å². The Kier molecular flexibility index (Phi) is 5.41. The summed E-state index contributed by atoms with van der Waals surface area (Å²) in [5, 5.41) is 12.6. The lowest BCUT2D eigenvalue weighted by molar-refractivity contribution is 0.151. The Labute approximate surface area is 116 Å². The molecule has 19 heavy (non-hydrogen) atoms. The number of aliphatic hydroxyl groups is 1. The number of aliphatic hydroxyl groups excluding tert-OH is 1. The van der Waals surface area contributed by atoms with Crippen molar-refractivity contribution in [3.63, 3.8) is 0 Å². The summed E-state index contributed by atoms with van der Waals surface area (Å²) in [6, 6.07) is 14.9. The third-order valence-electron chi connectivity index (χ3n) is 3.77. The van der Waals surface area contributed by atoms with E-state index in [-0.39, 0.29) is 6.10 Å². The van der Waals surface area contributed by atoms with Crippen LogP contribution < -0.4 is 0 Å². The standard InChI is InChI=1S/C18H24O/c1-2-3-4-11-17(19)14-13-16-10-7-9-15-8-5-6-12-18(15)16/h5-10,12,17,19H,2-4,11,13-14H2,1H3. The van der Waals surface area contributed by atoms with Crippen LogP contribution >= 0.6 is 0 Å². The van der Waals surface area contributed by atoms with E-state index in [0.29, 0.717) is 0 Å². The van der Waals surface area contributed by atoms with Crippen molar-refractivity contribution in [3.05, 3.63) is 48.0 Å². The fourth-order valence-corrected chi connectivity index (χ4v) is 2.61. The lowest BCUT2D eigenvalue weighted by atomic mass is 9.98. The maximum absolute atomic E-state index is 10.0. The SMILES string of the molecule is CCCCCC(O)CCc1cccc2ccccc12. The highest BCUT2D eigenvalue weighted by molar-refractivity contribution is 5.85. The van der Waals surface area contributed by atoms with Crippen LogP contribution in [0.25, 0.3) is 10.8 Å². The van der Waals surface area contributed by atoms with Crippen molar-refractivity contribution in [2.24, 2.45) is 0 Å². The first-order valence-corrected chi connectivity index (χ1v) is 7.46. The molecule has 0 saturated carbocycles. The summed E-state index contributed by atoms with van der Waals surface area (Å²) in [5.41, 5.74) is 1.35. The summed E-state index contributed by atoms with van der Waals surface area (Å²) in [7, 11) is 0. The Bertz CT molecular complexity index is 499. The molecule has 102 valence electrons. The molecule has 1 unspecified atom stereocenters. The van der Waals surface area contributed by atoms with Gasteiger partial charge in [-0.15, -0.1) is 0 Å². The molecule has 0 amide bonds. The quantitative estimate of drug-likeness (QED) is 0.711. The average molecular weight is 256 g/mol. The molecule has 2 rings (SSSR count). The van der Waals surface area contributed by atoms with Crippen LogP contribution in [-0.4, -0.2) is 11.2 Å². The molecule has 0 aromatic heterocycles. The van der Waals surface area contributed by atoms with Crippen LogP contribution in [0, 0.1) is 0 Å². The molecule has 1 nitrogen and oxygen atoms in total. The van der Waals surface area contributed by atoms with E-state index in [1.54, 1.807) is 0 Å². The largest absolute Gasteiger partial charge is 0.393 e. The second kappa shape index (κ2) is 7.30. The van der Waals surface area contributed by atoms with E-state index < -0.39 is 0 Å². The van der Waals surface area contributed by atoms with Gasteiger partial charge in [0.1, 0.15) is 0 Å². The first kappa shape index (κ1) is 14.1. The smallest absolute Gasteiger partial charge is 0.0543 e. The van der Waals surface area contributed by atoms with Gasteiger partial charge in [-0.1, -0.05) is 68.7 Å². The number of hydrogen-bond donors (Lipinski definition) is 1. The number of hydrogen-bond acceptors (Lipinski definition) is 1. The number of benzene rings is 2. The van der Waals surface area contributed by atoms with Gasteiger partial charge >= 0.3 is 0 Å². The predicted molar refractivity (Wildman–Crippen MR) is 82.4 cm³/mol. The Morgan fingerprint density at radius 2 is 1.74 bits per heavy atom. The van der Waals surface area contributed by atoms with Crippen molar-refractivity contribution in [1.29, 1.82) is 0 Å². The lowest BCUT2D eigenvalue weighted by Gasteiger charge is -2.11. The molecule has 0 saturated heterocycles. The summed E-state index contributed by atoms with van der Waals surface area (Å²) in [6.07, 6.45) is 6.23. The van der Waals surface area contributed by atoms with Crippen LogP contribution in [0.1, 0.15) is 44.6 Å². The van der Waals surface area contributed by atoms with Crippen molar-refractivity contribution in [2.45, 2.75) is 51.6 Å². The van der Waals surface area contributed by atoms with Crippen molar-refractivity contribution in [2.75, 3.05) is 0 Å². The summed E-state index contributed by atoms with van der Waals surface area (Å²) < 4.78 is 0. The Balaban J connectivity index is 1.94. The lowest BCUT2D eigenvalue weighted by Crippen LogP contribution is -2.07. The van der Waals surface area contributed by atoms with E-state index in [1.165, 1.54) is 29.2 Å². The molecule has 1 atom stereocenters. The molecule has 0 aliphatic heterocycles. The van der Waals surface area contributed by atoms with E-state index in [1.807, 2.05) is 0 Å². The minimum absolute atomic E-state index is 0.148. The summed E-state index contributed by atoms with van der Waals surface area (Å²) in [5.74, 6) is 0. The zero-order valence-corrected chi connectivity index (χ0v) is 11.8. The van der Waals surface area contributed by atoms with Gasteiger partial charge in [0, 0.05) is 0 Å². The maximum Gasteiger partial charge on any atom is 0.0543 e. The Morgan fingerprint density at radius 1 is 0.947 bits per heavy atom. The minimum atomic E-state index is -0.148. The molecule has 0 heterocycles. The van der Waals surface area contributed by atoms with Crippen LogP contribution in [0.5, 0.6) is 0 Å². The van der Waals surface area contributed by atoms with Crippen molar-refractivity contribution in [3.8, 4) is 0 Å². The predicted octanol–water partition coefficient (Wildman–Crippen LogP) is 4.71. The first-order valence-electron chi connectivity index (χ1n) is 7.46. The normalized spacial score (nSPS) is 12.7. The molecule has 1 heteroatoms. The molecule has 2 aromatic rings. The second-order valence-electron chi connectivity index (χ2n) is 5.33. The van der Waals surface area contributed by atoms with Gasteiger partial charge in [0.05, 0.1) is 6.10 Å². The molecule has 2 aromatic carbocycles. The zero-order chi connectivity index (χ0) is 13.5. The van der Waals surface area contributed by atoms with E-state index in [9.17, 15) is 5.11 Å². The van der Waals surface area contributed by atoms with Gasteiger partial charge in [0.15, 0.2) is 0 Å². The minimum Gasteiger partial charge on any atom is -0.393 e. The third kappa shape index (κ3) is 4.07. The molecule has 0 radical (unpaired) electrons. The van der Waals surface area contributed by atoms with Crippen LogP contribution in [0.15, 0.2) is 42.5 Å². The fraction of sp³-hybridized carbons (Fsp3) is 0.444. The Morgan fingerprint density at radius 3 is 2.58 bits per heavy atom. The summed E-state index contributed by atoms with van der Waals surface area (Å²) >= 11 is 0. The van der Waals surface area contributed by atoms with Gasteiger partial charge in [0.2, 0.25) is 0 Å². The topological polar surface area (TPSA) is 20.2 Å². The Hall–Kier alpha value is -1.34. The number of fused-ring (bicyclic) bond motifs is 1. The van der Waals surface area contributed by atoms with Gasteiger partial charge in [-0.2, -0.15) is 0 Å². The molecule has 0 aliphatic carbocycles. The van der Waals surface area contributed by atoms with E-state index >= 15 is 0 Å². The van der Waals surface area contributed by atoms with E-state index in [2.05, 4.69) is 49.4 Å². The monoisotopic (exact) mass is 256 g/mol. The highest BCUT2D eigenvalue weighted by Crippen LogP contribution is 2.20. The average Bonchev–Trinajstić information content (AvgIpc) is 2.45. The van der Waals surface area contributed by atoms with Crippen LogP contribution in [0.3, 0.4) is 0 Å². The maximum atomic E-state index is 10.0. The van der Waals surface area contributed by atoms with Gasteiger partial charge in [-0.3, -0.25) is 0 Å². The molecule has 0 bridgehead atoms. The second-order valence-corrected chi connectivity index (χ2v) is 5.33. The van der Waals surface area contributed by atoms with Crippen LogP contribution in [0.4, 0.5) is 0 Å². The third-order valence-corrected chi connectivity index (χ3v) is 3.77. The van der Waals surface area contributed by atoms with Crippen molar-refractivity contribution in [1.82, 2.24) is 0 Å². The number of aryl methyl sites for hydroxylation is 1. The molecule has 0 spiro atoms. The summed E-state index contributed by atoms with van der Waals surface area (Å²) in [4.78, 5) is 0. The molecule has 0 fully saturated rings.